The first-order chi connectivity index (χ1) is 25.4. The fourth-order valence-electron chi connectivity index (χ4n) is 3.12. The summed E-state index contributed by atoms with van der Waals surface area (Å²) in [6.45, 7) is 0. The van der Waals surface area contributed by atoms with Crippen LogP contribution in [0.4, 0.5) is 167 Å². The number of halogens is 38. The van der Waals surface area contributed by atoms with Crippen molar-refractivity contribution in [2.75, 3.05) is 0 Å². The van der Waals surface area contributed by atoms with Crippen LogP contribution in [-0.4, -0.2) is 112 Å². The van der Waals surface area contributed by atoms with E-state index in [1.807, 2.05) is 0 Å². The molecule has 0 radical (unpaired) electrons. The Morgan fingerprint density at radius 3 is 0.475 bits per heavy atom. The monoisotopic (exact) mass is 1030 g/mol. The Balaban J connectivity index is 7.33. The zero-order valence-electron chi connectivity index (χ0n) is 25.5. The summed E-state index contributed by atoms with van der Waals surface area (Å²) < 4.78 is 517. The molecule has 0 saturated carbocycles. The third-order valence-electron chi connectivity index (χ3n) is 6.64. The van der Waals surface area contributed by atoms with Gasteiger partial charge in [0.05, 0.1) is 0 Å². The fourth-order valence-corrected chi connectivity index (χ4v) is 3.96. The van der Waals surface area contributed by atoms with Crippen LogP contribution < -0.4 is 0 Å². The Hall–Kier alpha value is -2.55. The molecule has 0 aromatic heterocycles. The number of hydrogen-bond acceptors (Lipinski definition) is 3. The quantitative estimate of drug-likeness (QED) is 0.110. The van der Waals surface area contributed by atoms with E-state index < -0.39 is 115 Å². The molecule has 0 bridgehead atoms. The molecule has 0 saturated heterocycles. The molecule has 0 aliphatic rings. The van der Waals surface area contributed by atoms with Gasteiger partial charge in [-0.3, -0.25) is 0 Å². The van der Waals surface area contributed by atoms with Crippen LogP contribution in [0.5, 0.6) is 0 Å². The minimum Gasteiger partial charge on any atom is -0.302 e. The van der Waals surface area contributed by atoms with Crippen LogP contribution in [0.25, 0.3) is 0 Å². The molecule has 368 valence electrons. The lowest BCUT2D eigenvalue weighted by atomic mass is 9.88. The number of alkyl halides is 38. The minimum absolute atomic E-state index is 1.04. The number of hydrogen-bond donors (Lipinski definition) is 1. The molecule has 0 aliphatic heterocycles. The molecule has 0 heterocycles. The highest BCUT2D eigenvalue weighted by molar-refractivity contribution is 7.47. The topological polar surface area (TPSA) is 55.8 Å². The second-order valence-electron chi connectivity index (χ2n) is 10.7. The van der Waals surface area contributed by atoms with Crippen LogP contribution in [0.15, 0.2) is 0 Å². The average Bonchev–Trinajstić information content (AvgIpc) is 2.97. The van der Waals surface area contributed by atoms with E-state index in [1.165, 1.54) is 0 Å². The lowest BCUT2D eigenvalue weighted by Gasteiger charge is -2.44. The van der Waals surface area contributed by atoms with E-state index in [9.17, 15) is 171 Å². The van der Waals surface area contributed by atoms with E-state index in [1.54, 1.807) is 0 Å². The smallest absolute Gasteiger partial charge is 0.302 e. The van der Waals surface area contributed by atoms with Crippen LogP contribution >= 0.6 is 7.82 Å². The van der Waals surface area contributed by atoms with Gasteiger partial charge in [0.2, 0.25) is 0 Å². The van der Waals surface area contributed by atoms with E-state index >= 15 is 0 Å². The summed E-state index contributed by atoms with van der Waals surface area (Å²) in [6.07, 6.45) is -35.0. The molecule has 0 aliphatic carbocycles. The van der Waals surface area contributed by atoms with E-state index in [4.69, 9.17) is 4.89 Å². The van der Waals surface area contributed by atoms with Crippen LogP contribution in [0.3, 0.4) is 0 Å². The molecule has 0 amide bonds. The molecule has 1 N–H and O–H groups in total. The van der Waals surface area contributed by atoms with Gasteiger partial charge in [-0.05, 0) is 0 Å². The van der Waals surface area contributed by atoms with Crippen LogP contribution in [-0.2, 0) is 13.6 Å². The molecule has 0 atom stereocenters. The highest BCUT2D eigenvalue weighted by atomic mass is 31.2. The van der Waals surface area contributed by atoms with Crippen molar-refractivity contribution in [1.29, 1.82) is 0 Å². The van der Waals surface area contributed by atoms with Crippen molar-refractivity contribution >= 4 is 7.82 Å². The Bertz CT molecular complexity index is 1530. The van der Waals surface area contributed by atoms with Crippen LogP contribution in [0.1, 0.15) is 0 Å². The summed E-state index contributed by atoms with van der Waals surface area (Å²) in [5.74, 6) is -134. The second kappa shape index (κ2) is 14.2. The Morgan fingerprint density at radius 1 is 0.230 bits per heavy atom. The molecule has 0 fully saturated rings. The Labute approximate surface area is 302 Å². The fraction of sp³-hybridized carbons (Fsp3) is 1.00. The standard InChI is InChI=1S/C18HF38O4P/c19-1(20,3(23,24)7(31,32)11(39,40)15(47,48)49)5(27,28)9(35,36)13(43,44)17(53,54)59-61(57,58)60-18(55,56)14(45,46)10(37,38)6(29,30)2(21,22)4(25,26)8(33,34)12(41,42)16(50,51)52/h(H,57,58). The molecular formula is C18HF38O4P. The van der Waals surface area contributed by atoms with Crippen molar-refractivity contribution in [3.05, 3.63) is 0 Å². The molecule has 0 unspecified atom stereocenters. The van der Waals surface area contributed by atoms with Crippen molar-refractivity contribution in [1.82, 2.24) is 0 Å². The van der Waals surface area contributed by atoms with Crippen molar-refractivity contribution in [3.8, 4) is 0 Å². The normalized spacial score (nSPS) is 17.3. The molecule has 4 nitrogen and oxygen atoms in total. The van der Waals surface area contributed by atoms with Crippen molar-refractivity contribution in [3.63, 3.8) is 0 Å². The van der Waals surface area contributed by atoms with E-state index in [-0.39, 0.29) is 0 Å². The Morgan fingerprint density at radius 2 is 0.344 bits per heavy atom. The van der Waals surface area contributed by atoms with Gasteiger partial charge in [0.25, 0.3) is 0 Å². The molecule has 0 spiro atoms. The molecule has 43 heteroatoms. The zero-order chi connectivity index (χ0) is 50.9. The summed E-state index contributed by atoms with van der Waals surface area (Å²) in [5, 5.41) is 0. The molecule has 0 aromatic carbocycles. The van der Waals surface area contributed by atoms with Gasteiger partial charge in [-0.2, -0.15) is 167 Å². The largest absolute Gasteiger partial charge is 0.482 e. The average molecular weight is 1030 g/mol. The summed E-state index contributed by atoms with van der Waals surface area (Å²) in [7, 11) is -9.63. The van der Waals surface area contributed by atoms with Crippen LogP contribution in [0.2, 0.25) is 0 Å². The third kappa shape index (κ3) is 7.50. The molecule has 0 rings (SSSR count). The van der Waals surface area contributed by atoms with E-state index in [2.05, 4.69) is 0 Å². The minimum atomic E-state index is -9.86. The predicted octanol–water partition coefficient (Wildman–Crippen LogP) is 12.3. The lowest BCUT2D eigenvalue weighted by Crippen LogP contribution is -2.76. The van der Waals surface area contributed by atoms with Gasteiger partial charge in [0.1, 0.15) is 0 Å². The first kappa shape index (κ1) is 58.5. The van der Waals surface area contributed by atoms with E-state index in [0.29, 0.717) is 0 Å². The van der Waals surface area contributed by atoms with Crippen molar-refractivity contribution in [2.24, 2.45) is 0 Å². The van der Waals surface area contributed by atoms with Gasteiger partial charge in [0, 0.05) is 0 Å². The first-order valence-corrected chi connectivity index (χ1v) is 13.8. The summed E-state index contributed by atoms with van der Waals surface area (Å²) in [4.78, 5) is 8.48. The first-order valence-electron chi connectivity index (χ1n) is 12.3. The molecule has 61 heavy (non-hydrogen) atoms. The molecule has 0 aromatic rings. The van der Waals surface area contributed by atoms with Crippen LogP contribution in [0, 0.1) is 0 Å². The summed E-state index contributed by atoms with van der Waals surface area (Å²) in [6, 6.07) is 0. The maximum absolute atomic E-state index is 13.8. The van der Waals surface area contributed by atoms with Gasteiger partial charge in [-0.15, -0.1) is 0 Å². The highest BCUT2D eigenvalue weighted by Gasteiger charge is 2.99. The Kier molecular flexibility index (Phi) is 13.6. The van der Waals surface area contributed by atoms with Gasteiger partial charge in [-0.25, -0.2) is 13.6 Å². The van der Waals surface area contributed by atoms with Gasteiger partial charge in [0.15, 0.2) is 0 Å². The molecular weight excluding hydrogens is 1030 g/mol. The van der Waals surface area contributed by atoms with Gasteiger partial charge in [-0.1, -0.05) is 0 Å². The van der Waals surface area contributed by atoms with Gasteiger partial charge < -0.3 is 4.89 Å². The lowest BCUT2D eigenvalue weighted by molar-refractivity contribution is -0.480. The van der Waals surface area contributed by atoms with Gasteiger partial charge >= 0.3 is 115 Å². The van der Waals surface area contributed by atoms with Crippen molar-refractivity contribution in [2.45, 2.75) is 107 Å². The van der Waals surface area contributed by atoms with E-state index in [0.717, 1.165) is 9.05 Å². The zero-order valence-corrected chi connectivity index (χ0v) is 26.4. The SMILES string of the molecule is O=P(O)(OC(F)(F)C(F)(F)C(F)(F)C(F)(F)C(F)(F)C(F)(F)C(F)(F)C(F)(F)C(F)(F)F)OC(F)(F)C(F)(F)C(F)(F)C(F)(F)C(F)(F)C(F)(F)C(F)(F)C(F)(F)C(F)(F)F. The number of phosphoric ester groups is 1. The second-order valence-corrected chi connectivity index (χ2v) is 12.0. The third-order valence-corrected chi connectivity index (χ3v) is 7.56. The number of rotatable bonds is 18. The van der Waals surface area contributed by atoms with Crippen molar-refractivity contribution < 1.29 is 185 Å². The maximum Gasteiger partial charge on any atom is 0.482 e. The highest BCUT2D eigenvalue weighted by Crippen LogP contribution is 2.69. The summed E-state index contributed by atoms with van der Waals surface area (Å²) in [5.41, 5.74) is 0. The predicted molar refractivity (Wildman–Crippen MR) is 103 cm³/mol. The number of phosphoric acid groups is 1. The maximum atomic E-state index is 13.8. The summed E-state index contributed by atoms with van der Waals surface area (Å²) >= 11 is 0.